The van der Waals surface area contributed by atoms with E-state index in [9.17, 15) is 0 Å². The molecular formula is C14H14BrCl2NS. The van der Waals surface area contributed by atoms with Gasteiger partial charge < -0.3 is 5.32 Å². The van der Waals surface area contributed by atoms with Crippen LogP contribution in [0.1, 0.15) is 29.8 Å². The van der Waals surface area contributed by atoms with Crippen LogP contribution in [0.2, 0.25) is 9.36 Å². The lowest BCUT2D eigenvalue weighted by molar-refractivity contribution is 0.606. The van der Waals surface area contributed by atoms with E-state index in [1.54, 1.807) is 11.3 Å². The summed E-state index contributed by atoms with van der Waals surface area (Å²) in [5, 5.41) is 4.29. The quantitative estimate of drug-likeness (QED) is 0.682. The summed E-state index contributed by atoms with van der Waals surface area (Å²) in [5.74, 6) is 0. The highest BCUT2D eigenvalue weighted by Crippen LogP contribution is 2.35. The summed E-state index contributed by atoms with van der Waals surface area (Å²) in [7, 11) is 0. The van der Waals surface area contributed by atoms with Gasteiger partial charge in [0, 0.05) is 14.4 Å². The van der Waals surface area contributed by atoms with Crippen molar-refractivity contribution in [3.63, 3.8) is 0 Å². The predicted octanol–water partition coefficient (Wildman–Crippen LogP) is 5.91. The normalized spacial score (nSPS) is 12.6. The van der Waals surface area contributed by atoms with Gasteiger partial charge in [-0.05, 0) is 48.9 Å². The molecule has 0 aliphatic rings. The molecule has 0 bridgehead atoms. The first-order chi connectivity index (χ1) is 9.11. The van der Waals surface area contributed by atoms with Crippen LogP contribution in [0.25, 0.3) is 0 Å². The molecule has 1 unspecified atom stereocenters. The molecule has 1 atom stereocenters. The van der Waals surface area contributed by atoms with E-state index in [1.165, 1.54) is 4.88 Å². The summed E-state index contributed by atoms with van der Waals surface area (Å²) in [5.41, 5.74) is 1.07. The molecule has 0 spiro atoms. The molecule has 0 amide bonds. The van der Waals surface area contributed by atoms with Gasteiger partial charge >= 0.3 is 0 Å². The van der Waals surface area contributed by atoms with Gasteiger partial charge in [-0.2, -0.15) is 0 Å². The molecule has 102 valence electrons. The molecule has 1 heterocycles. The van der Waals surface area contributed by atoms with Crippen molar-refractivity contribution in [2.75, 3.05) is 6.54 Å². The number of hydrogen-bond donors (Lipinski definition) is 1. The number of hydrogen-bond acceptors (Lipinski definition) is 2. The molecule has 0 saturated heterocycles. The fourth-order valence-corrected chi connectivity index (χ4v) is 3.63. The first kappa shape index (κ1) is 15.3. The van der Waals surface area contributed by atoms with E-state index in [1.807, 2.05) is 18.2 Å². The highest BCUT2D eigenvalue weighted by atomic mass is 79.9. The van der Waals surface area contributed by atoms with Gasteiger partial charge in [-0.1, -0.05) is 46.1 Å². The number of halogens is 3. The van der Waals surface area contributed by atoms with E-state index in [2.05, 4.69) is 40.3 Å². The molecule has 2 rings (SSSR count). The third-order valence-electron chi connectivity index (χ3n) is 2.75. The minimum Gasteiger partial charge on any atom is -0.306 e. The lowest BCUT2D eigenvalue weighted by Gasteiger charge is -2.19. The average molecular weight is 379 g/mol. The first-order valence-electron chi connectivity index (χ1n) is 6.05. The van der Waals surface area contributed by atoms with Gasteiger partial charge in [0.25, 0.3) is 0 Å². The second kappa shape index (κ2) is 7.09. The fraction of sp³-hybridized carbons (Fsp3) is 0.286. The van der Waals surface area contributed by atoms with Crippen molar-refractivity contribution < 1.29 is 0 Å². The largest absolute Gasteiger partial charge is 0.306 e. The van der Waals surface area contributed by atoms with Gasteiger partial charge in [0.2, 0.25) is 0 Å². The molecule has 0 aliphatic carbocycles. The van der Waals surface area contributed by atoms with Gasteiger partial charge in [0.1, 0.15) is 0 Å². The van der Waals surface area contributed by atoms with Crippen LogP contribution in [0.4, 0.5) is 0 Å². The predicted molar refractivity (Wildman–Crippen MR) is 88.6 cm³/mol. The Labute approximate surface area is 136 Å². The molecule has 0 radical (unpaired) electrons. The topological polar surface area (TPSA) is 12.0 Å². The van der Waals surface area contributed by atoms with Crippen LogP contribution >= 0.6 is 50.5 Å². The Morgan fingerprint density at radius 2 is 2.05 bits per heavy atom. The van der Waals surface area contributed by atoms with Gasteiger partial charge in [0.05, 0.1) is 10.4 Å². The third kappa shape index (κ3) is 3.96. The van der Waals surface area contributed by atoms with Crippen LogP contribution in [0.3, 0.4) is 0 Å². The van der Waals surface area contributed by atoms with Crippen molar-refractivity contribution in [2.45, 2.75) is 19.4 Å². The molecule has 1 nitrogen and oxygen atoms in total. The summed E-state index contributed by atoms with van der Waals surface area (Å²) >= 11 is 17.5. The number of rotatable bonds is 5. The average Bonchev–Trinajstić information content (AvgIpc) is 2.80. The summed E-state index contributed by atoms with van der Waals surface area (Å²) in [6, 6.07) is 9.98. The van der Waals surface area contributed by atoms with Crippen LogP contribution in [-0.4, -0.2) is 6.54 Å². The second-order valence-electron chi connectivity index (χ2n) is 4.19. The third-order valence-corrected chi connectivity index (χ3v) is 4.88. The lowest BCUT2D eigenvalue weighted by Crippen LogP contribution is -2.22. The van der Waals surface area contributed by atoms with Crippen molar-refractivity contribution in [3.8, 4) is 0 Å². The number of benzene rings is 1. The summed E-state index contributed by atoms with van der Waals surface area (Å²) in [6.07, 6.45) is 1.07. The summed E-state index contributed by atoms with van der Waals surface area (Å²) in [6.45, 7) is 3.08. The molecule has 19 heavy (non-hydrogen) atoms. The van der Waals surface area contributed by atoms with E-state index < -0.39 is 0 Å². The van der Waals surface area contributed by atoms with Gasteiger partial charge in [-0.15, -0.1) is 11.3 Å². The monoisotopic (exact) mass is 377 g/mol. The Balaban J connectivity index is 2.39. The van der Waals surface area contributed by atoms with Crippen molar-refractivity contribution in [3.05, 3.63) is 54.6 Å². The van der Waals surface area contributed by atoms with E-state index in [0.717, 1.165) is 32.4 Å². The SMILES string of the molecule is CCCNC(c1ccc(Cl)s1)c1cc(Br)ccc1Cl. The lowest BCUT2D eigenvalue weighted by atomic mass is 10.1. The maximum absolute atomic E-state index is 6.34. The molecule has 1 N–H and O–H groups in total. The maximum Gasteiger partial charge on any atom is 0.0931 e. The highest BCUT2D eigenvalue weighted by Gasteiger charge is 2.18. The van der Waals surface area contributed by atoms with E-state index >= 15 is 0 Å². The van der Waals surface area contributed by atoms with Gasteiger partial charge in [0.15, 0.2) is 0 Å². The summed E-state index contributed by atoms with van der Waals surface area (Å²) < 4.78 is 1.82. The Morgan fingerprint density at radius 1 is 1.26 bits per heavy atom. The van der Waals surface area contributed by atoms with Crippen LogP contribution < -0.4 is 5.32 Å². The zero-order chi connectivity index (χ0) is 13.8. The molecule has 5 heteroatoms. The molecule has 2 aromatic rings. The number of thiophene rings is 1. The molecule has 0 saturated carbocycles. The molecule has 1 aromatic carbocycles. The Hall–Kier alpha value is -0.0600. The fourth-order valence-electron chi connectivity index (χ4n) is 1.87. The standard InChI is InChI=1S/C14H14BrCl2NS/c1-2-7-18-14(12-5-6-13(17)19-12)10-8-9(15)3-4-11(10)16/h3-6,8,14,18H,2,7H2,1H3. The Kier molecular flexibility index (Phi) is 5.72. The highest BCUT2D eigenvalue weighted by molar-refractivity contribution is 9.10. The van der Waals surface area contributed by atoms with Crippen LogP contribution in [0.15, 0.2) is 34.8 Å². The molecule has 0 fully saturated rings. The van der Waals surface area contributed by atoms with Crippen LogP contribution in [0, 0.1) is 0 Å². The van der Waals surface area contributed by atoms with Crippen molar-refractivity contribution >= 4 is 50.5 Å². The smallest absolute Gasteiger partial charge is 0.0931 e. The molecular weight excluding hydrogens is 365 g/mol. The zero-order valence-corrected chi connectivity index (χ0v) is 14.3. The van der Waals surface area contributed by atoms with E-state index in [4.69, 9.17) is 23.2 Å². The minimum atomic E-state index is 0.0856. The van der Waals surface area contributed by atoms with E-state index in [-0.39, 0.29) is 6.04 Å². The first-order valence-corrected chi connectivity index (χ1v) is 8.42. The Morgan fingerprint density at radius 3 is 2.68 bits per heavy atom. The van der Waals surface area contributed by atoms with E-state index in [0.29, 0.717) is 0 Å². The number of nitrogens with one attached hydrogen (secondary N) is 1. The van der Waals surface area contributed by atoms with Gasteiger partial charge in [-0.25, -0.2) is 0 Å². The molecule has 1 aromatic heterocycles. The maximum atomic E-state index is 6.34. The minimum absolute atomic E-state index is 0.0856. The summed E-state index contributed by atoms with van der Waals surface area (Å²) in [4.78, 5) is 1.18. The van der Waals surface area contributed by atoms with Crippen LogP contribution in [-0.2, 0) is 0 Å². The van der Waals surface area contributed by atoms with Crippen molar-refractivity contribution in [2.24, 2.45) is 0 Å². The van der Waals surface area contributed by atoms with Gasteiger partial charge in [-0.3, -0.25) is 0 Å². The van der Waals surface area contributed by atoms with Crippen molar-refractivity contribution in [1.82, 2.24) is 5.32 Å². The second-order valence-corrected chi connectivity index (χ2v) is 7.26. The van der Waals surface area contributed by atoms with Crippen molar-refractivity contribution in [1.29, 1.82) is 0 Å². The Bertz CT molecular complexity index is 556. The molecule has 0 aliphatic heterocycles. The zero-order valence-electron chi connectivity index (χ0n) is 10.4. The van der Waals surface area contributed by atoms with Crippen LogP contribution in [0.5, 0.6) is 0 Å².